The Balaban J connectivity index is 1.91. The van der Waals surface area contributed by atoms with Gasteiger partial charge in [0.25, 0.3) is 0 Å². The number of halogens is 2. The summed E-state index contributed by atoms with van der Waals surface area (Å²) in [5, 5.41) is 0.825. The van der Waals surface area contributed by atoms with E-state index in [0.717, 1.165) is 27.8 Å². The number of benzene rings is 1. The molecule has 1 aromatic rings. The van der Waals surface area contributed by atoms with Gasteiger partial charge < -0.3 is 5.73 Å². The van der Waals surface area contributed by atoms with E-state index in [-0.39, 0.29) is 6.04 Å². The molecule has 1 atom stereocenters. The van der Waals surface area contributed by atoms with Crippen LogP contribution in [0.3, 0.4) is 0 Å². The molecule has 0 radical (unpaired) electrons. The minimum Gasteiger partial charge on any atom is -0.327 e. The molecule has 20 heavy (non-hydrogen) atoms. The fourth-order valence-corrected chi connectivity index (χ4v) is 4.10. The quantitative estimate of drug-likeness (QED) is 0.762. The highest BCUT2D eigenvalue weighted by atomic mass is 79.9. The third-order valence-corrected chi connectivity index (χ3v) is 5.68. The summed E-state index contributed by atoms with van der Waals surface area (Å²) < 4.78 is 1.03. The standard InChI is InChI=1S/C17H25BrClN/c1-11(2)12-3-5-13(6-4-12)17(20)9-14-7-8-15(18)10-16(14)19/h7-8,10-13,17H,3-6,9,20H2,1-2H3. The maximum absolute atomic E-state index is 6.44. The van der Waals surface area contributed by atoms with E-state index in [1.807, 2.05) is 12.1 Å². The Morgan fingerprint density at radius 1 is 1.20 bits per heavy atom. The molecule has 0 bridgehead atoms. The first-order valence-corrected chi connectivity index (χ1v) is 8.84. The predicted octanol–water partition coefficient (Wildman–Crippen LogP) is 5.43. The Morgan fingerprint density at radius 3 is 2.35 bits per heavy atom. The molecule has 0 aliphatic heterocycles. The van der Waals surface area contributed by atoms with Crippen LogP contribution in [0.15, 0.2) is 22.7 Å². The van der Waals surface area contributed by atoms with Crippen molar-refractivity contribution in [1.29, 1.82) is 0 Å². The van der Waals surface area contributed by atoms with Gasteiger partial charge in [0.1, 0.15) is 0 Å². The van der Waals surface area contributed by atoms with Crippen LogP contribution in [-0.4, -0.2) is 6.04 Å². The molecule has 0 saturated heterocycles. The van der Waals surface area contributed by atoms with Crippen LogP contribution < -0.4 is 5.73 Å². The van der Waals surface area contributed by atoms with E-state index in [1.165, 1.54) is 31.2 Å². The van der Waals surface area contributed by atoms with Crippen molar-refractivity contribution in [2.24, 2.45) is 23.5 Å². The smallest absolute Gasteiger partial charge is 0.0449 e. The number of nitrogens with two attached hydrogens (primary N) is 1. The molecule has 2 N–H and O–H groups in total. The molecule has 112 valence electrons. The third-order valence-electron chi connectivity index (χ3n) is 4.84. The van der Waals surface area contributed by atoms with Crippen molar-refractivity contribution in [3.05, 3.63) is 33.3 Å². The van der Waals surface area contributed by atoms with Gasteiger partial charge in [-0.15, -0.1) is 0 Å². The van der Waals surface area contributed by atoms with Crippen LogP contribution in [0.5, 0.6) is 0 Å². The molecule has 1 aliphatic rings. The molecule has 0 aromatic heterocycles. The summed E-state index contributed by atoms with van der Waals surface area (Å²) in [4.78, 5) is 0. The van der Waals surface area contributed by atoms with Crippen molar-refractivity contribution in [3.63, 3.8) is 0 Å². The van der Waals surface area contributed by atoms with Crippen LogP contribution >= 0.6 is 27.5 Å². The van der Waals surface area contributed by atoms with E-state index < -0.39 is 0 Å². The molecular formula is C17H25BrClN. The number of rotatable bonds is 4. The average molecular weight is 359 g/mol. The fourth-order valence-electron chi connectivity index (χ4n) is 3.35. The van der Waals surface area contributed by atoms with E-state index in [9.17, 15) is 0 Å². The lowest BCUT2D eigenvalue weighted by Crippen LogP contribution is -2.35. The highest BCUT2D eigenvalue weighted by molar-refractivity contribution is 9.10. The van der Waals surface area contributed by atoms with Crippen molar-refractivity contribution in [3.8, 4) is 0 Å². The van der Waals surface area contributed by atoms with Gasteiger partial charge in [0.2, 0.25) is 0 Å². The Labute approximate surface area is 136 Å². The van der Waals surface area contributed by atoms with Gasteiger partial charge in [-0.05, 0) is 67.6 Å². The molecule has 0 spiro atoms. The zero-order chi connectivity index (χ0) is 14.7. The minimum atomic E-state index is 0.238. The highest BCUT2D eigenvalue weighted by Crippen LogP contribution is 2.35. The monoisotopic (exact) mass is 357 g/mol. The molecule has 0 amide bonds. The van der Waals surface area contributed by atoms with Gasteiger partial charge >= 0.3 is 0 Å². The number of hydrogen-bond acceptors (Lipinski definition) is 1. The molecule has 2 rings (SSSR count). The highest BCUT2D eigenvalue weighted by Gasteiger charge is 2.27. The second-order valence-corrected chi connectivity index (χ2v) is 7.85. The van der Waals surface area contributed by atoms with E-state index in [1.54, 1.807) is 0 Å². The van der Waals surface area contributed by atoms with E-state index in [0.29, 0.717) is 5.92 Å². The molecule has 0 heterocycles. The van der Waals surface area contributed by atoms with Crippen molar-refractivity contribution in [2.45, 2.75) is 52.0 Å². The van der Waals surface area contributed by atoms with Crippen LogP contribution in [-0.2, 0) is 6.42 Å². The van der Waals surface area contributed by atoms with Gasteiger partial charge in [0.05, 0.1) is 0 Å². The molecule has 1 aliphatic carbocycles. The molecule has 1 fully saturated rings. The summed E-state index contributed by atoms with van der Waals surface area (Å²) in [7, 11) is 0. The maximum Gasteiger partial charge on any atom is 0.0449 e. The third kappa shape index (κ3) is 4.22. The van der Waals surface area contributed by atoms with Crippen molar-refractivity contribution >= 4 is 27.5 Å². The Bertz CT molecular complexity index is 439. The molecular weight excluding hydrogens is 334 g/mol. The summed E-state index contributed by atoms with van der Waals surface area (Å²) in [6.45, 7) is 4.68. The van der Waals surface area contributed by atoms with Gasteiger partial charge in [-0.25, -0.2) is 0 Å². The van der Waals surface area contributed by atoms with Crippen LogP contribution in [0.1, 0.15) is 45.1 Å². The fraction of sp³-hybridized carbons (Fsp3) is 0.647. The first-order chi connectivity index (χ1) is 9.47. The van der Waals surface area contributed by atoms with Crippen LogP contribution in [0.4, 0.5) is 0 Å². The topological polar surface area (TPSA) is 26.0 Å². The van der Waals surface area contributed by atoms with Gasteiger partial charge in [0, 0.05) is 15.5 Å². The Morgan fingerprint density at radius 2 is 1.80 bits per heavy atom. The van der Waals surface area contributed by atoms with Crippen molar-refractivity contribution < 1.29 is 0 Å². The predicted molar refractivity (Wildman–Crippen MR) is 91.1 cm³/mol. The zero-order valence-electron chi connectivity index (χ0n) is 12.4. The molecule has 1 nitrogen and oxygen atoms in total. The summed E-state index contributed by atoms with van der Waals surface area (Å²) >= 11 is 9.74. The van der Waals surface area contributed by atoms with Gasteiger partial charge in [0.15, 0.2) is 0 Å². The first kappa shape index (κ1) is 16.3. The average Bonchev–Trinajstić information content (AvgIpc) is 2.42. The largest absolute Gasteiger partial charge is 0.327 e. The van der Waals surface area contributed by atoms with Crippen LogP contribution in [0.2, 0.25) is 5.02 Å². The van der Waals surface area contributed by atoms with E-state index in [4.69, 9.17) is 17.3 Å². The zero-order valence-corrected chi connectivity index (χ0v) is 14.8. The molecule has 1 unspecified atom stereocenters. The minimum absolute atomic E-state index is 0.238. The molecule has 1 saturated carbocycles. The van der Waals surface area contributed by atoms with E-state index in [2.05, 4.69) is 35.8 Å². The van der Waals surface area contributed by atoms with Crippen LogP contribution in [0.25, 0.3) is 0 Å². The van der Waals surface area contributed by atoms with Crippen molar-refractivity contribution in [2.75, 3.05) is 0 Å². The second kappa shape index (κ2) is 7.29. The lowest BCUT2D eigenvalue weighted by Gasteiger charge is -2.34. The summed E-state index contributed by atoms with van der Waals surface area (Å²) in [5.74, 6) is 2.37. The number of hydrogen-bond donors (Lipinski definition) is 1. The van der Waals surface area contributed by atoms with E-state index >= 15 is 0 Å². The Hall–Kier alpha value is -0.0500. The van der Waals surface area contributed by atoms with Crippen LogP contribution in [0, 0.1) is 17.8 Å². The van der Waals surface area contributed by atoms with Gasteiger partial charge in [-0.2, -0.15) is 0 Å². The van der Waals surface area contributed by atoms with Crippen molar-refractivity contribution in [1.82, 2.24) is 0 Å². The normalized spacial score (nSPS) is 24.9. The SMILES string of the molecule is CC(C)C1CCC(C(N)Cc2ccc(Br)cc2Cl)CC1. The maximum atomic E-state index is 6.44. The van der Waals surface area contributed by atoms with Gasteiger partial charge in [-0.1, -0.05) is 47.4 Å². The summed E-state index contributed by atoms with van der Waals surface area (Å²) in [6.07, 6.45) is 6.12. The molecule has 1 aromatic carbocycles. The molecule has 3 heteroatoms. The second-order valence-electron chi connectivity index (χ2n) is 6.52. The lowest BCUT2D eigenvalue weighted by atomic mass is 9.74. The van der Waals surface area contributed by atoms with Gasteiger partial charge in [-0.3, -0.25) is 0 Å². The first-order valence-electron chi connectivity index (χ1n) is 7.67. The summed E-state index contributed by atoms with van der Waals surface area (Å²) in [5.41, 5.74) is 7.61. The summed E-state index contributed by atoms with van der Waals surface area (Å²) in [6, 6.07) is 6.33. The Kier molecular flexibility index (Phi) is 5.95. The lowest BCUT2D eigenvalue weighted by molar-refractivity contribution is 0.202.